The standard InChI is InChI=1S/C19H20N4O3/c1-12-14(13(2)22-21-12)9-10-17-20-16-7-4-3-6-15(16)19(26)23(17)11-5-8-18(24)25/h3-4,6-7,9-10H,5,8,11H2,1-2H3,(H,21,22)(H,24,25)/b10-9+. The van der Waals surface area contributed by atoms with E-state index in [1.165, 1.54) is 4.57 Å². The lowest BCUT2D eigenvalue weighted by molar-refractivity contribution is -0.137. The highest BCUT2D eigenvalue weighted by molar-refractivity contribution is 5.79. The van der Waals surface area contributed by atoms with Crippen molar-refractivity contribution in [2.24, 2.45) is 0 Å². The van der Waals surface area contributed by atoms with Crippen molar-refractivity contribution in [2.45, 2.75) is 33.2 Å². The number of para-hydroxylation sites is 1. The molecule has 0 fully saturated rings. The summed E-state index contributed by atoms with van der Waals surface area (Å²) in [5, 5.41) is 16.5. The monoisotopic (exact) mass is 352 g/mol. The largest absolute Gasteiger partial charge is 0.481 e. The van der Waals surface area contributed by atoms with Crippen LogP contribution in [0.5, 0.6) is 0 Å². The fourth-order valence-electron chi connectivity index (χ4n) is 2.88. The van der Waals surface area contributed by atoms with Gasteiger partial charge in [0.1, 0.15) is 5.82 Å². The molecule has 134 valence electrons. The Morgan fingerprint density at radius 2 is 2.04 bits per heavy atom. The molecule has 2 heterocycles. The molecule has 0 bridgehead atoms. The van der Waals surface area contributed by atoms with Crippen molar-refractivity contribution in [3.05, 3.63) is 57.4 Å². The number of aryl methyl sites for hydroxylation is 2. The van der Waals surface area contributed by atoms with Gasteiger partial charge in [-0.1, -0.05) is 12.1 Å². The first-order valence-electron chi connectivity index (χ1n) is 8.38. The maximum Gasteiger partial charge on any atom is 0.303 e. The SMILES string of the molecule is Cc1n[nH]c(C)c1/C=C/c1nc2ccccc2c(=O)n1CCCC(=O)O. The third-order valence-corrected chi connectivity index (χ3v) is 4.25. The van der Waals surface area contributed by atoms with E-state index < -0.39 is 5.97 Å². The second-order valence-corrected chi connectivity index (χ2v) is 6.12. The molecule has 0 saturated heterocycles. The van der Waals surface area contributed by atoms with Gasteiger partial charge in [0.2, 0.25) is 0 Å². The molecule has 3 aromatic rings. The molecule has 2 aromatic heterocycles. The van der Waals surface area contributed by atoms with E-state index in [1.54, 1.807) is 24.3 Å². The summed E-state index contributed by atoms with van der Waals surface area (Å²) in [7, 11) is 0. The molecule has 1 aromatic carbocycles. The van der Waals surface area contributed by atoms with Crippen LogP contribution in [0.3, 0.4) is 0 Å². The first-order valence-corrected chi connectivity index (χ1v) is 8.38. The highest BCUT2D eigenvalue weighted by Gasteiger charge is 2.10. The van der Waals surface area contributed by atoms with Crippen LogP contribution in [-0.4, -0.2) is 30.8 Å². The van der Waals surface area contributed by atoms with E-state index in [-0.39, 0.29) is 12.0 Å². The molecule has 0 saturated carbocycles. The minimum atomic E-state index is -0.881. The zero-order chi connectivity index (χ0) is 18.7. The number of carboxylic acids is 1. The number of aromatic amines is 1. The average Bonchev–Trinajstić information content (AvgIpc) is 2.93. The van der Waals surface area contributed by atoms with Gasteiger partial charge in [0.25, 0.3) is 5.56 Å². The Morgan fingerprint density at radius 3 is 2.73 bits per heavy atom. The number of H-pyrrole nitrogens is 1. The molecule has 0 aliphatic rings. The number of aliphatic carboxylic acids is 1. The fraction of sp³-hybridized carbons (Fsp3) is 0.263. The highest BCUT2D eigenvalue weighted by atomic mass is 16.4. The third kappa shape index (κ3) is 3.56. The Labute approximate surface area is 150 Å². The van der Waals surface area contributed by atoms with Crippen LogP contribution in [0.2, 0.25) is 0 Å². The number of aromatic nitrogens is 4. The number of nitrogens with one attached hydrogen (secondary N) is 1. The van der Waals surface area contributed by atoms with Crippen LogP contribution in [0.1, 0.15) is 35.6 Å². The topological polar surface area (TPSA) is 101 Å². The molecule has 0 amide bonds. The van der Waals surface area contributed by atoms with Gasteiger partial charge in [-0.25, -0.2) is 4.98 Å². The first kappa shape index (κ1) is 17.6. The number of hydrogen-bond donors (Lipinski definition) is 2. The predicted molar refractivity (Wildman–Crippen MR) is 99.9 cm³/mol. The molecule has 7 nitrogen and oxygen atoms in total. The van der Waals surface area contributed by atoms with Gasteiger partial charge >= 0.3 is 5.97 Å². The van der Waals surface area contributed by atoms with Gasteiger partial charge in [0.15, 0.2) is 0 Å². The van der Waals surface area contributed by atoms with Crippen LogP contribution in [0, 0.1) is 13.8 Å². The lowest BCUT2D eigenvalue weighted by Gasteiger charge is -2.10. The molecule has 7 heteroatoms. The number of benzene rings is 1. The number of rotatable bonds is 6. The van der Waals surface area contributed by atoms with Crippen molar-refractivity contribution in [1.82, 2.24) is 19.7 Å². The number of carboxylic acid groups (broad SMARTS) is 1. The van der Waals surface area contributed by atoms with Crippen LogP contribution in [-0.2, 0) is 11.3 Å². The summed E-state index contributed by atoms with van der Waals surface area (Å²) in [4.78, 5) is 28.2. The van der Waals surface area contributed by atoms with Crippen LogP contribution in [0.4, 0.5) is 0 Å². The lowest BCUT2D eigenvalue weighted by Crippen LogP contribution is -2.24. The summed E-state index contributed by atoms with van der Waals surface area (Å²) in [6.07, 6.45) is 4.01. The second-order valence-electron chi connectivity index (χ2n) is 6.12. The van der Waals surface area contributed by atoms with Gasteiger partial charge in [-0.3, -0.25) is 19.3 Å². The highest BCUT2D eigenvalue weighted by Crippen LogP contribution is 2.15. The van der Waals surface area contributed by atoms with Crippen molar-refractivity contribution in [3.63, 3.8) is 0 Å². The molecule has 0 atom stereocenters. The summed E-state index contributed by atoms with van der Waals surface area (Å²) in [6, 6.07) is 7.16. The van der Waals surface area contributed by atoms with Crippen molar-refractivity contribution in [3.8, 4) is 0 Å². The smallest absolute Gasteiger partial charge is 0.303 e. The minimum Gasteiger partial charge on any atom is -0.481 e. The maximum atomic E-state index is 12.8. The van der Waals surface area contributed by atoms with E-state index in [1.807, 2.05) is 26.0 Å². The number of fused-ring (bicyclic) bond motifs is 1. The van der Waals surface area contributed by atoms with Gasteiger partial charge in [-0.15, -0.1) is 0 Å². The molecule has 3 rings (SSSR count). The van der Waals surface area contributed by atoms with E-state index in [0.717, 1.165) is 17.0 Å². The van der Waals surface area contributed by atoms with Crippen LogP contribution < -0.4 is 5.56 Å². The zero-order valence-electron chi connectivity index (χ0n) is 14.7. The Morgan fingerprint density at radius 1 is 1.27 bits per heavy atom. The quantitative estimate of drug-likeness (QED) is 0.710. The van der Waals surface area contributed by atoms with Gasteiger partial charge < -0.3 is 5.11 Å². The number of hydrogen-bond acceptors (Lipinski definition) is 4. The molecule has 0 aliphatic carbocycles. The summed E-state index contributed by atoms with van der Waals surface area (Å²) in [5.41, 5.74) is 3.19. The molecule has 26 heavy (non-hydrogen) atoms. The van der Waals surface area contributed by atoms with E-state index in [4.69, 9.17) is 5.11 Å². The van der Waals surface area contributed by atoms with E-state index in [0.29, 0.717) is 29.7 Å². The van der Waals surface area contributed by atoms with Crippen LogP contribution in [0.25, 0.3) is 23.1 Å². The minimum absolute atomic E-state index is 0.00235. The second kappa shape index (κ2) is 7.35. The zero-order valence-corrected chi connectivity index (χ0v) is 14.7. The maximum absolute atomic E-state index is 12.8. The molecule has 0 radical (unpaired) electrons. The van der Waals surface area contributed by atoms with Crippen molar-refractivity contribution in [2.75, 3.05) is 0 Å². The molecule has 2 N–H and O–H groups in total. The van der Waals surface area contributed by atoms with Gasteiger partial charge in [-0.05, 0) is 44.6 Å². The van der Waals surface area contributed by atoms with E-state index >= 15 is 0 Å². The predicted octanol–water partition coefficient (Wildman–Crippen LogP) is 2.77. The molecular formula is C19H20N4O3. The summed E-state index contributed by atoms with van der Waals surface area (Å²) >= 11 is 0. The summed E-state index contributed by atoms with van der Waals surface area (Å²) < 4.78 is 1.53. The van der Waals surface area contributed by atoms with Crippen molar-refractivity contribution in [1.29, 1.82) is 0 Å². The Hall–Kier alpha value is -3.22. The first-order chi connectivity index (χ1) is 12.5. The lowest BCUT2D eigenvalue weighted by atomic mass is 10.2. The molecule has 0 aliphatic heterocycles. The Balaban J connectivity index is 2.06. The van der Waals surface area contributed by atoms with Gasteiger partial charge in [-0.2, -0.15) is 5.10 Å². The Bertz CT molecular complexity index is 1030. The Kier molecular flexibility index (Phi) is 4.97. The third-order valence-electron chi connectivity index (χ3n) is 4.25. The number of nitrogens with zero attached hydrogens (tertiary/aromatic N) is 3. The molecule has 0 unspecified atom stereocenters. The van der Waals surface area contributed by atoms with Crippen LogP contribution in [0.15, 0.2) is 29.1 Å². The van der Waals surface area contributed by atoms with E-state index in [9.17, 15) is 9.59 Å². The number of carbonyl (C=O) groups is 1. The van der Waals surface area contributed by atoms with E-state index in [2.05, 4.69) is 15.2 Å². The van der Waals surface area contributed by atoms with Crippen LogP contribution >= 0.6 is 0 Å². The molecule has 0 spiro atoms. The van der Waals surface area contributed by atoms with Gasteiger partial charge in [0, 0.05) is 24.2 Å². The van der Waals surface area contributed by atoms with Crippen molar-refractivity contribution >= 4 is 29.0 Å². The van der Waals surface area contributed by atoms with Crippen molar-refractivity contribution < 1.29 is 9.90 Å². The summed E-state index contributed by atoms with van der Waals surface area (Å²) in [6.45, 7) is 4.12. The molecular weight excluding hydrogens is 332 g/mol. The van der Waals surface area contributed by atoms with Gasteiger partial charge in [0.05, 0.1) is 16.6 Å². The fourth-order valence-corrected chi connectivity index (χ4v) is 2.88. The normalized spacial score (nSPS) is 11.5. The summed E-state index contributed by atoms with van der Waals surface area (Å²) in [5.74, 6) is -0.382. The average molecular weight is 352 g/mol.